The Morgan fingerprint density at radius 2 is 1.90 bits per heavy atom. The summed E-state index contributed by atoms with van der Waals surface area (Å²) in [4.78, 5) is 11.7. The van der Waals surface area contributed by atoms with Crippen molar-refractivity contribution < 1.29 is 18.7 Å². The standard InChI is InChI=1S/C16H17FO3/c1-11(16(18)20-8-7-17)12-3-4-14-10-15(19-2)6-5-13(14)9-12/h3-6,9-11H,7-8H2,1-2H3. The van der Waals surface area contributed by atoms with E-state index in [2.05, 4.69) is 0 Å². The summed E-state index contributed by atoms with van der Waals surface area (Å²) >= 11 is 0. The van der Waals surface area contributed by atoms with Crippen molar-refractivity contribution >= 4 is 16.7 Å². The average molecular weight is 276 g/mol. The second-order valence-corrected chi connectivity index (χ2v) is 4.55. The number of ether oxygens (including phenoxy) is 2. The Morgan fingerprint density at radius 1 is 1.20 bits per heavy atom. The first kappa shape index (κ1) is 14.3. The maximum atomic E-state index is 12.0. The quantitative estimate of drug-likeness (QED) is 0.784. The normalized spacial score (nSPS) is 12.2. The lowest BCUT2D eigenvalue weighted by Gasteiger charge is -2.12. The third kappa shape index (κ3) is 3.07. The van der Waals surface area contributed by atoms with Crippen molar-refractivity contribution in [1.29, 1.82) is 0 Å². The fraction of sp³-hybridized carbons (Fsp3) is 0.312. The maximum Gasteiger partial charge on any atom is 0.313 e. The minimum Gasteiger partial charge on any atom is -0.497 e. The molecule has 3 nitrogen and oxygen atoms in total. The molecule has 0 aliphatic carbocycles. The van der Waals surface area contributed by atoms with Gasteiger partial charge in [-0.05, 0) is 35.4 Å². The molecule has 1 atom stereocenters. The molecule has 0 aliphatic rings. The van der Waals surface area contributed by atoms with Gasteiger partial charge in [-0.2, -0.15) is 0 Å². The number of methoxy groups -OCH3 is 1. The Kier molecular flexibility index (Phi) is 4.56. The third-order valence-corrected chi connectivity index (χ3v) is 3.25. The minimum absolute atomic E-state index is 0.187. The van der Waals surface area contributed by atoms with Crippen LogP contribution in [0.3, 0.4) is 0 Å². The first-order valence-electron chi connectivity index (χ1n) is 6.46. The number of hydrogen-bond donors (Lipinski definition) is 0. The van der Waals surface area contributed by atoms with E-state index in [1.54, 1.807) is 14.0 Å². The molecule has 0 fully saturated rings. The summed E-state index contributed by atoms with van der Waals surface area (Å²) in [6.45, 7) is 0.912. The van der Waals surface area contributed by atoms with E-state index in [1.165, 1.54) is 0 Å². The maximum absolute atomic E-state index is 12.0. The van der Waals surface area contributed by atoms with Crippen molar-refractivity contribution in [2.45, 2.75) is 12.8 Å². The second-order valence-electron chi connectivity index (χ2n) is 4.55. The molecule has 0 N–H and O–H groups in total. The fourth-order valence-electron chi connectivity index (χ4n) is 2.04. The molecule has 2 aromatic carbocycles. The SMILES string of the molecule is COc1ccc2cc(C(C)C(=O)OCCF)ccc2c1. The summed E-state index contributed by atoms with van der Waals surface area (Å²) in [6.07, 6.45) is 0. The summed E-state index contributed by atoms with van der Waals surface area (Å²) in [5.41, 5.74) is 0.853. The van der Waals surface area contributed by atoms with E-state index in [0.717, 1.165) is 22.1 Å². The second kappa shape index (κ2) is 6.37. The average Bonchev–Trinajstić information content (AvgIpc) is 2.50. The molecule has 0 heterocycles. The minimum atomic E-state index is -0.657. The van der Waals surface area contributed by atoms with Crippen LogP contribution in [0.25, 0.3) is 10.8 Å². The van der Waals surface area contributed by atoms with Crippen molar-refractivity contribution in [1.82, 2.24) is 0 Å². The number of esters is 1. The highest BCUT2D eigenvalue weighted by molar-refractivity contribution is 5.86. The van der Waals surface area contributed by atoms with Gasteiger partial charge < -0.3 is 9.47 Å². The van der Waals surface area contributed by atoms with Crippen molar-refractivity contribution in [3.05, 3.63) is 42.0 Å². The van der Waals surface area contributed by atoms with E-state index >= 15 is 0 Å². The Labute approximate surface area is 117 Å². The van der Waals surface area contributed by atoms with Crippen molar-refractivity contribution in [3.8, 4) is 5.75 Å². The number of alkyl halides is 1. The zero-order valence-corrected chi connectivity index (χ0v) is 11.6. The largest absolute Gasteiger partial charge is 0.497 e. The topological polar surface area (TPSA) is 35.5 Å². The van der Waals surface area contributed by atoms with Gasteiger partial charge in [0.05, 0.1) is 13.0 Å². The fourth-order valence-corrected chi connectivity index (χ4v) is 2.04. The van der Waals surface area contributed by atoms with E-state index in [0.29, 0.717) is 0 Å². The molecular weight excluding hydrogens is 259 g/mol. The molecular formula is C16H17FO3. The molecule has 0 aliphatic heterocycles. The molecule has 0 saturated carbocycles. The lowest BCUT2D eigenvalue weighted by Crippen LogP contribution is -2.14. The van der Waals surface area contributed by atoms with Crippen LogP contribution in [0.2, 0.25) is 0 Å². The molecule has 1 unspecified atom stereocenters. The van der Waals surface area contributed by atoms with Crippen LogP contribution in [0, 0.1) is 0 Å². The van der Waals surface area contributed by atoms with Crippen LogP contribution in [-0.4, -0.2) is 26.4 Å². The van der Waals surface area contributed by atoms with E-state index in [1.807, 2.05) is 36.4 Å². The van der Waals surface area contributed by atoms with E-state index < -0.39 is 18.6 Å². The van der Waals surface area contributed by atoms with Gasteiger partial charge in [0.2, 0.25) is 0 Å². The summed E-state index contributed by atoms with van der Waals surface area (Å²) in [7, 11) is 1.62. The van der Waals surface area contributed by atoms with E-state index in [-0.39, 0.29) is 6.61 Å². The zero-order chi connectivity index (χ0) is 14.5. The number of halogens is 1. The molecule has 0 spiro atoms. The number of benzene rings is 2. The summed E-state index contributed by atoms with van der Waals surface area (Å²) in [5, 5.41) is 2.06. The first-order chi connectivity index (χ1) is 9.65. The predicted octanol–water partition coefficient (Wildman–Crippen LogP) is 3.46. The third-order valence-electron chi connectivity index (χ3n) is 3.25. The van der Waals surface area contributed by atoms with Crippen LogP contribution in [0.15, 0.2) is 36.4 Å². The number of rotatable bonds is 5. The Morgan fingerprint density at radius 3 is 2.60 bits per heavy atom. The van der Waals surface area contributed by atoms with Gasteiger partial charge in [0.1, 0.15) is 19.0 Å². The molecule has 20 heavy (non-hydrogen) atoms. The van der Waals surface area contributed by atoms with E-state index in [4.69, 9.17) is 9.47 Å². The molecule has 0 radical (unpaired) electrons. The molecule has 0 bridgehead atoms. The molecule has 0 aromatic heterocycles. The van der Waals surface area contributed by atoms with Gasteiger partial charge in [-0.3, -0.25) is 4.79 Å². The number of carbonyl (C=O) groups excluding carboxylic acids is 1. The van der Waals surface area contributed by atoms with Crippen molar-refractivity contribution in [2.24, 2.45) is 0 Å². The monoisotopic (exact) mass is 276 g/mol. The van der Waals surface area contributed by atoms with Gasteiger partial charge >= 0.3 is 5.97 Å². The predicted molar refractivity (Wildman–Crippen MR) is 75.8 cm³/mol. The Balaban J connectivity index is 2.25. The van der Waals surface area contributed by atoms with E-state index in [9.17, 15) is 9.18 Å². The Bertz CT molecular complexity index is 610. The van der Waals surface area contributed by atoms with Crippen LogP contribution < -0.4 is 4.74 Å². The zero-order valence-electron chi connectivity index (χ0n) is 11.6. The van der Waals surface area contributed by atoms with Crippen LogP contribution in [0.5, 0.6) is 5.75 Å². The number of fused-ring (bicyclic) bond motifs is 1. The highest BCUT2D eigenvalue weighted by atomic mass is 19.1. The molecule has 4 heteroatoms. The van der Waals surface area contributed by atoms with Gasteiger partial charge in [0.15, 0.2) is 0 Å². The molecule has 0 saturated heterocycles. The van der Waals surface area contributed by atoms with Crippen LogP contribution in [0.4, 0.5) is 4.39 Å². The summed E-state index contributed by atoms with van der Waals surface area (Å²) in [6, 6.07) is 11.5. The first-order valence-corrected chi connectivity index (χ1v) is 6.46. The van der Waals surface area contributed by atoms with Gasteiger partial charge in [0.25, 0.3) is 0 Å². The van der Waals surface area contributed by atoms with Gasteiger partial charge in [-0.15, -0.1) is 0 Å². The van der Waals surface area contributed by atoms with Gasteiger partial charge in [0, 0.05) is 0 Å². The smallest absolute Gasteiger partial charge is 0.313 e. The molecule has 2 rings (SSSR count). The van der Waals surface area contributed by atoms with Crippen LogP contribution >= 0.6 is 0 Å². The summed E-state index contributed by atoms with van der Waals surface area (Å²) < 4.78 is 22.0. The number of carbonyl (C=O) groups is 1. The van der Waals surface area contributed by atoms with Crippen molar-refractivity contribution in [2.75, 3.05) is 20.4 Å². The van der Waals surface area contributed by atoms with Gasteiger partial charge in [-0.25, -0.2) is 4.39 Å². The van der Waals surface area contributed by atoms with Crippen molar-refractivity contribution in [3.63, 3.8) is 0 Å². The molecule has 2 aromatic rings. The molecule has 106 valence electrons. The lowest BCUT2D eigenvalue weighted by atomic mass is 9.98. The van der Waals surface area contributed by atoms with Gasteiger partial charge in [-0.1, -0.05) is 24.3 Å². The summed E-state index contributed by atoms with van der Waals surface area (Å²) in [5.74, 6) is -0.0239. The molecule has 0 amide bonds. The lowest BCUT2D eigenvalue weighted by molar-refractivity contribution is -0.145. The Hall–Kier alpha value is -2.10. The highest BCUT2D eigenvalue weighted by Crippen LogP contribution is 2.25. The number of hydrogen-bond acceptors (Lipinski definition) is 3. The highest BCUT2D eigenvalue weighted by Gasteiger charge is 2.17. The van der Waals surface area contributed by atoms with Crippen LogP contribution in [0.1, 0.15) is 18.4 Å². The van der Waals surface area contributed by atoms with Crippen LogP contribution in [-0.2, 0) is 9.53 Å².